The third-order valence-electron chi connectivity index (χ3n) is 6.52. The van der Waals surface area contributed by atoms with E-state index in [0.717, 1.165) is 41.1 Å². The molecule has 4 aromatic rings. The minimum Gasteiger partial charge on any atom is -0.487 e. The molecule has 1 amide bonds. The number of aryl methyl sites for hydroxylation is 2. The molecule has 0 bridgehead atoms. The number of likely N-dealkylation sites (tertiary alicyclic amines) is 1. The average molecular weight is 484 g/mol. The van der Waals surface area contributed by atoms with E-state index in [9.17, 15) is 4.79 Å². The lowest BCUT2D eigenvalue weighted by atomic mass is 10.1. The van der Waals surface area contributed by atoms with Gasteiger partial charge in [0, 0.05) is 24.3 Å². The quantitative estimate of drug-likeness (QED) is 0.412. The number of ether oxygens (including phenoxy) is 1. The van der Waals surface area contributed by atoms with Crippen LogP contribution in [-0.4, -0.2) is 48.6 Å². The highest BCUT2D eigenvalue weighted by Gasteiger charge is 2.28. The molecule has 1 fully saturated rings. The topological polar surface area (TPSA) is 112 Å². The number of hydrogen-bond donors (Lipinski definition) is 1. The van der Waals surface area contributed by atoms with Gasteiger partial charge < -0.3 is 15.4 Å². The van der Waals surface area contributed by atoms with Crippen LogP contribution in [0, 0.1) is 13.8 Å². The van der Waals surface area contributed by atoms with E-state index < -0.39 is 0 Å². The van der Waals surface area contributed by atoms with Gasteiger partial charge in [-0.3, -0.25) is 9.78 Å². The van der Waals surface area contributed by atoms with Gasteiger partial charge in [0.25, 0.3) is 0 Å². The van der Waals surface area contributed by atoms with Gasteiger partial charge in [-0.15, -0.1) is 0 Å². The van der Waals surface area contributed by atoms with Crippen molar-refractivity contribution >= 4 is 22.8 Å². The standard InChI is InChI=1S/C27H29N7O2/c1-4-23(35)33-12-6-9-21(14-33)34-27-24(26(28)29-16-30-27)25(32-34)19-10-11-22(17(2)13-19)36-15-20-8-5-7-18(3)31-20/h4-5,7-8,10-11,13,16,21H,1,6,9,12,14-15H2,2-3H3,(H2,28,29,30). The molecule has 0 saturated carbocycles. The smallest absolute Gasteiger partial charge is 0.246 e. The summed E-state index contributed by atoms with van der Waals surface area (Å²) in [4.78, 5) is 27.3. The van der Waals surface area contributed by atoms with Crippen molar-refractivity contribution in [2.45, 2.75) is 39.3 Å². The van der Waals surface area contributed by atoms with E-state index in [0.29, 0.717) is 42.2 Å². The lowest BCUT2D eigenvalue weighted by Crippen LogP contribution is -2.40. The maximum Gasteiger partial charge on any atom is 0.246 e. The second-order valence-corrected chi connectivity index (χ2v) is 9.07. The first-order valence-electron chi connectivity index (χ1n) is 12.0. The second-order valence-electron chi connectivity index (χ2n) is 9.07. The van der Waals surface area contributed by atoms with Crippen LogP contribution in [0.2, 0.25) is 0 Å². The molecule has 1 saturated heterocycles. The van der Waals surface area contributed by atoms with Crippen molar-refractivity contribution in [3.63, 3.8) is 0 Å². The van der Waals surface area contributed by atoms with Gasteiger partial charge >= 0.3 is 0 Å². The van der Waals surface area contributed by atoms with E-state index in [1.165, 1.54) is 12.4 Å². The minimum atomic E-state index is -0.0717. The highest BCUT2D eigenvalue weighted by Crippen LogP contribution is 2.35. The van der Waals surface area contributed by atoms with Crippen LogP contribution in [0.25, 0.3) is 22.3 Å². The number of nitrogen functional groups attached to an aromatic ring is 1. The normalized spacial score (nSPS) is 15.7. The maximum atomic E-state index is 12.2. The molecule has 1 aliphatic rings. The van der Waals surface area contributed by atoms with Crippen molar-refractivity contribution < 1.29 is 9.53 Å². The third kappa shape index (κ3) is 4.51. The molecule has 5 rings (SSSR count). The number of amides is 1. The number of benzene rings is 1. The molecule has 1 atom stereocenters. The molecule has 36 heavy (non-hydrogen) atoms. The zero-order chi connectivity index (χ0) is 25.2. The summed E-state index contributed by atoms with van der Waals surface area (Å²) in [5.74, 6) is 1.08. The highest BCUT2D eigenvalue weighted by molar-refractivity contribution is 5.98. The molecule has 1 unspecified atom stereocenters. The van der Waals surface area contributed by atoms with E-state index in [4.69, 9.17) is 15.6 Å². The van der Waals surface area contributed by atoms with Crippen molar-refractivity contribution in [3.05, 3.63) is 72.3 Å². The maximum absolute atomic E-state index is 12.2. The number of piperidine rings is 1. The number of nitrogens with zero attached hydrogens (tertiary/aromatic N) is 6. The first-order chi connectivity index (χ1) is 17.4. The van der Waals surface area contributed by atoms with Crippen molar-refractivity contribution in [1.29, 1.82) is 0 Å². The van der Waals surface area contributed by atoms with Gasteiger partial charge in [0.1, 0.15) is 30.2 Å². The fourth-order valence-corrected chi connectivity index (χ4v) is 4.73. The van der Waals surface area contributed by atoms with Crippen molar-refractivity contribution in [2.24, 2.45) is 0 Å². The van der Waals surface area contributed by atoms with E-state index in [1.54, 1.807) is 4.90 Å². The Labute approximate surface area is 209 Å². The molecule has 1 aromatic carbocycles. The van der Waals surface area contributed by atoms with Crippen molar-refractivity contribution in [2.75, 3.05) is 18.8 Å². The van der Waals surface area contributed by atoms with Gasteiger partial charge in [-0.1, -0.05) is 12.6 Å². The molecule has 1 aliphatic heterocycles. The fraction of sp³-hybridized carbons (Fsp3) is 0.296. The predicted molar refractivity (Wildman–Crippen MR) is 138 cm³/mol. The molecule has 9 nitrogen and oxygen atoms in total. The Hall–Kier alpha value is -4.27. The van der Waals surface area contributed by atoms with E-state index >= 15 is 0 Å². The summed E-state index contributed by atoms with van der Waals surface area (Å²) in [6, 6.07) is 11.8. The largest absolute Gasteiger partial charge is 0.487 e. The number of carbonyl (C=O) groups excluding carboxylic acids is 1. The lowest BCUT2D eigenvalue weighted by Gasteiger charge is -2.32. The number of aromatic nitrogens is 5. The zero-order valence-electron chi connectivity index (χ0n) is 20.5. The Morgan fingerprint density at radius 1 is 1.25 bits per heavy atom. The number of rotatable bonds is 6. The molecule has 2 N–H and O–H groups in total. The third-order valence-corrected chi connectivity index (χ3v) is 6.52. The van der Waals surface area contributed by atoms with Gasteiger partial charge in [0.2, 0.25) is 5.91 Å². The second kappa shape index (κ2) is 9.77. The van der Waals surface area contributed by atoms with Crippen LogP contribution in [0.4, 0.5) is 5.82 Å². The summed E-state index contributed by atoms with van der Waals surface area (Å²) >= 11 is 0. The van der Waals surface area contributed by atoms with Crippen LogP contribution in [0.1, 0.15) is 35.8 Å². The number of hydrogen-bond acceptors (Lipinski definition) is 7. The van der Waals surface area contributed by atoms with E-state index in [2.05, 4.69) is 21.5 Å². The van der Waals surface area contributed by atoms with Crippen LogP contribution >= 0.6 is 0 Å². The van der Waals surface area contributed by atoms with Crippen LogP contribution in [0.5, 0.6) is 5.75 Å². The summed E-state index contributed by atoms with van der Waals surface area (Å²) < 4.78 is 7.94. The predicted octanol–water partition coefficient (Wildman–Crippen LogP) is 4.02. The van der Waals surface area contributed by atoms with Crippen LogP contribution in [0.3, 0.4) is 0 Å². The number of anilines is 1. The van der Waals surface area contributed by atoms with Gasteiger partial charge in [0.05, 0.1) is 17.1 Å². The fourth-order valence-electron chi connectivity index (χ4n) is 4.73. The van der Waals surface area contributed by atoms with E-state index in [1.807, 2.05) is 54.9 Å². The molecule has 4 heterocycles. The van der Waals surface area contributed by atoms with Crippen LogP contribution < -0.4 is 10.5 Å². The first kappa shape index (κ1) is 23.5. The number of pyridine rings is 1. The summed E-state index contributed by atoms with van der Waals surface area (Å²) in [5.41, 5.74) is 11.4. The Morgan fingerprint density at radius 3 is 2.89 bits per heavy atom. The van der Waals surface area contributed by atoms with Crippen LogP contribution in [-0.2, 0) is 11.4 Å². The van der Waals surface area contributed by atoms with Crippen LogP contribution in [0.15, 0.2) is 55.4 Å². The molecule has 9 heteroatoms. The van der Waals surface area contributed by atoms with E-state index in [-0.39, 0.29) is 11.9 Å². The SMILES string of the molecule is C=CC(=O)N1CCCC(n2nc(-c3ccc(OCc4cccc(C)n4)c(C)c3)c3c(N)ncnc32)C1. The van der Waals surface area contributed by atoms with Crippen molar-refractivity contribution in [1.82, 2.24) is 29.6 Å². The molecule has 3 aromatic heterocycles. The van der Waals surface area contributed by atoms with Gasteiger partial charge in [-0.2, -0.15) is 5.10 Å². The minimum absolute atomic E-state index is 0.0151. The van der Waals surface area contributed by atoms with Gasteiger partial charge in [-0.05, 0) is 68.7 Å². The van der Waals surface area contributed by atoms with Gasteiger partial charge in [0.15, 0.2) is 5.65 Å². The summed E-state index contributed by atoms with van der Waals surface area (Å²) in [6.07, 6.45) is 4.58. The Bertz CT molecular complexity index is 1450. The average Bonchev–Trinajstić information content (AvgIpc) is 3.29. The zero-order valence-corrected chi connectivity index (χ0v) is 20.5. The number of carbonyl (C=O) groups is 1. The Balaban J connectivity index is 1.47. The molecule has 0 spiro atoms. The van der Waals surface area contributed by atoms with Gasteiger partial charge in [-0.25, -0.2) is 14.6 Å². The molecule has 0 aliphatic carbocycles. The first-order valence-corrected chi connectivity index (χ1v) is 12.0. The molecular weight excluding hydrogens is 454 g/mol. The monoisotopic (exact) mass is 483 g/mol. The molecule has 0 radical (unpaired) electrons. The molecular formula is C27H29N7O2. The number of nitrogens with two attached hydrogens (primary N) is 1. The summed E-state index contributed by atoms with van der Waals surface area (Å²) in [6.45, 7) is 9.24. The lowest BCUT2D eigenvalue weighted by molar-refractivity contribution is -0.127. The Morgan fingerprint density at radius 2 is 2.11 bits per heavy atom. The summed E-state index contributed by atoms with van der Waals surface area (Å²) in [5, 5.41) is 5.67. The summed E-state index contributed by atoms with van der Waals surface area (Å²) in [7, 11) is 0. The molecule has 184 valence electrons. The Kier molecular flexibility index (Phi) is 6.37. The van der Waals surface area contributed by atoms with Crippen molar-refractivity contribution in [3.8, 4) is 17.0 Å². The number of fused-ring (bicyclic) bond motifs is 1. The highest BCUT2D eigenvalue weighted by atomic mass is 16.5.